The highest BCUT2D eigenvalue weighted by Crippen LogP contribution is 2.37. The van der Waals surface area contributed by atoms with Crippen LogP contribution in [0.25, 0.3) is 0 Å². The van der Waals surface area contributed by atoms with E-state index in [1.807, 2.05) is 6.92 Å². The summed E-state index contributed by atoms with van der Waals surface area (Å²) in [6.45, 7) is 6.02. The van der Waals surface area contributed by atoms with Crippen molar-refractivity contribution in [2.75, 3.05) is 6.61 Å². The van der Waals surface area contributed by atoms with Crippen molar-refractivity contribution in [3.63, 3.8) is 0 Å². The van der Waals surface area contributed by atoms with Crippen LogP contribution in [0.4, 0.5) is 0 Å². The Kier molecular flexibility index (Phi) is 7.27. The minimum atomic E-state index is -0.131. The Hall–Kier alpha value is -0.710. The Balaban J connectivity index is 0.00000256. The second kappa shape index (κ2) is 7.58. The third-order valence-electron chi connectivity index (χ3n) is 2.20. The van der Waals surface area contributed by atoms with E-state index in [1.54, 1.807) is 18.2 Å². The van der Waals surface area contributed by atoms with Crippen LogP contribution in [0, 0.1) is 0 Å². The van der Waals surface area contributed by atoms with Crippen LogP contribution in [0.3, 0.4) is 0 Å². The molecule has 0 saturated carbocycles. The van der Waals surface area contributed by atoms with Gasteiger partial charge in [-0.3, -0.25) is 0 Å². The van der Waals surface area contributed by atoms with Crippen molar-refractivity contribution in [2.45, 2.75) is 19.4 Å². The zero-order valence-electron chi connectivity index (χ0n) is 9.65. The largest absolute Gasteiger partial charge is 0.503 e. The number of phenolic OH excluding ortho intramolecular Hbond substituents is 1. The Morgan fingerprint density at radius 3 is 2.76 bits per heavy atom. The van der Waals surface area contributed by atoms with Crippen molar-refractivity contribution in [1.29, 1.82) is 0 Å². The number of hydrogen-bond donors (Lipinski definition) is 2. The Morgan fingerprint density at radius 1 is 1.59 bits per heavy atom. The summed E-state index contributed by atoms with van der Waals surface area (Å²) < 4.78 is 5.92. The van der Waals surface area contributed by atoms with E-state index in [1.165, 1.54) is 0 Å². The molecule has 0 radical (unpaired) electrons. The highest BCUT2D eigenvalue weighted by Gasteiger charge is 2.12. The van der Waals surface area contributed by atoms with Crippen molar-refractivity contribution in [3.8, 4) is 11.5 Å². The molecule has 96 valence electrons. The number of aromatic hydroxyl groups is 1. The number of benzene rings is 1. The van der Waals surface area contributed by atoms with E-state index in [-0.39, 0.29) is 24.2 Å². The number of halogens is 2. The summed E-state index contributed by atoms with van der Waals surface area (Å²) in [6, 6.07) is 3.43. The van der Waals surface area contributed by atoms with Gasteiger partial charge >= 0.3 is 0 Å². The zero-order valence-corrected chi connectivity index (χ0v) is 12.1. The van der Waals surface area contributed by atoms with Crippen molar-refractivity contribution in [2.24, 2.45) is 5.73 Å². The molecule has 0 bridgehead atoms. The minimum absolute atomic E-state index is 0. The van der Waals surface area contributed by atoms with E-state index < -0.39 is 0 Å². The van der Waals surface area contributed by atoms with Gasteiger partial charge in [-0.25, -0.2) is 0 Å². The lowest BCUT2D eigenvalue weighted by Crippen LogP contribution is -2.09. The van der Waals surface area contributed by atoms with Gasteiger partial charge in [0.15, 0.2) is 11.5 Å². The first-order chi connectivity index (χ1) is 7.60. The molecular formula is C12H17BrClNO2. The maximum Gasteiger partial charge on any atom is 0.172 e. The summed E-state index contributed by atoms with van der Waals surface area (Å²) in [5, 5.41) is 9.73. The number of hydrogen-bond acceptors (Lipinski definition) is 3. The molecule has 0 saturated heterocycles. The molecule has 1 rings (SSSR count). The van der Waals surface area contributed by atoms with Crippen molar-refractivity contribution < 1.29 is 9.84 Å². The normalized spacial score (nSPS) is 11.5. The lowest BCUT2D eigenvalue weighted by Gasteiger charge is -2.14. The molecule has 5 heteroatoms. The highest BCUT2D eigenvalue weighted by atomic mass is 79.9. The average Bonchev–Trinajstić information content (AvgIpc) is 2.25. The van der Waals surface area contributed by atoms with Crippen LogP contribution in [0.1, 0.15) is 24.9 Å². The van der Waals surface area contributed by atoms with Crippen LogP contribution in [-0.2, 0) is 0 Å². The third-order valence-corrected chi connectivity index (χ3v) is 2.80. The molecule has 0 aliphatic heterocycles. The van der Waals surface area contributed by atoms with Gasteiger partial charge in [0.05, 0.1) is 11.1 Å². The fourth-order valence-corrected chi connectivity index (χ4v) is 1.85. The predicted molar refractivity (Wildman–Crippen MR) is 76.0 cm³/mol. The van der Waals surface area contributed by atoms with E-state index in [4.69, 9.17) is 10.5 Å². The van der Waals surface area contributed by atoms with Crippen LogP contribution in [0.2, 0.25) is 0 Å². The summed E-state index contributed by atoms with van der Waals surface area (Å²) >= 11 is 3.27. The van der Waals surface area contributed by atoms with Crippen LogP contribution in [0.5, 0.6) is 11.5 Å². The standard InChI is InChI=1S/C12H16BrNO2.ClH/c1-3-5-10(14)8-6-9(13)12(15)11(7-8)16-4-2;/h3,6-7,10,15H,1,4-5,14H2,2H3;1H/t10-;/m0./s1. The summed E-state index contributed by atoms with van der Waals surface area (Å²) in [6.07, 6.45) is 2.45. The zero-order chi connectivity index (χ0) is 12.1. The van der Waals surface area contributed by atoms with Crippen molar-refractivity contribution >= 4 is 28.3 Å². The van der Waals surface area contributed by atoms with Crippen molar-refractivity contribution in [3.05, 3.63) is 34.8 Å². The molecule has 0 amide bonds. The van der Waals surface area contributed by atoms with Crippen LogP contribution >= 0.6 is 28.3 Å². The molecule has 3 nitrogen and oxygen atoms in total. The monoisotopic (exact) mass is 321 g/mol. The average molecular weight is 323 g/mol. The number of nitrogens with two attached hydrogens (primary N) is 1. The SMILES string of the molecule is C=CC[C@H](N)c1cc(Br)c(O)c(OCC)c1.Cl. The first kappa shape index (κ1) is 16.3. The fourth-order valence-electron chi connectivity index (χ4n) is 1.39. The first-order valence-electron chi connectivity index (χ1n) is 5.11. The summed E-state index contributed by atoms with van der Waals surface area (Å²) in [7, 11) is 0. The Bertz CT molecular complexity index is 385. The lowest BCUT2D eigenvalue weighted by molar-refractivity contribution is 0.316. The maximum atomic E-state index is 9.73. The topological polar surface area (TPSA) is 55.5 Å². The molecule has 0 aromatic heterocycles. The molecule has 3 N–H and O–H groups in total. The van der Waals surface area contributed by atoms with E-state index in [9.17, 15) is 5.11 Å². The van der Waals surface area contributed by atoms with E-state index >= 15 is 0 Å². The van der Waals surface area contributed by atoms with Gasteiger partial charge in [0.2, 0.25) is 0 Å². The molecule has 1 atom stereocenters. The van der Waals surface area contributed by atoms with E-state index in [0.29, 0.717) is 23.2 Å². The molecule has 0 aliphatic carbocycles. The fraction of sp³-hybridized carbons (Fsp3) is 0.333. The highest BCUT2D eigenvalue weighted by molar-refractivity contribution is 9.10. The first-order valence-corrected chi connectivity index (χ1v) is 5.91. The number of rotatable bonds is 5. The van der Waals surface area contributed by atoms with E-state index in [2.05, 4.69) is 22.5 Å². The summed E-state index contributed by atoms with van der Waals surface area (Å²) in [4.78, 5) is 0. The van der Waals surface area contributed by atoms with Crippen LogP contribution in [0.15, 0.2) is 29.3 Å². The van der Waals surface area contributed by atoms with Gasteiger partial charge in [0.25, 0.3) is 0 Å². The van der Waals surface area contributed by atoms with Crippen LogP contribution < -0.4 is 10.5 Å². The molecule has 0 spiro atoms. The second-order valence-corrected chi connectivity index (χ2v) is 4.27. The third kappa shape index (κ3) is 4.22. The van der Waals surface area contributed by atoms with Gasteiger partial charge in [0, 0.05) is 6.04 Å². The molecule has 1 aromatic rings. The lowest BCUT2D eigenvalue weighted by atomic mass is 10.0. The maximum absolute atomic E-state index is 9.73. The molecule has 0 unspecified atom stereocenters. The van der Waals surface area contributed by atoms with Gasteiger partial charge in [-0.2, -0.15) is 0 Å². The molecular weight excluding hydrogens is 305 g/mol. The number of phenols is 1. The Morgan fingerprint density at radius 2 is 2.24 bits per heavy atom. The Labute approximate surface area is 116 Å². The number of ether oxygens (including phenoxy) is 1. The molecule has 1 aromatic carbocycles. The van der Waals surface area contributed by atoms with Gasteiger partial charge in [0.1, 0.15) is 0 Å². The van der Waals surface area contributed by atoms with Crippen LogP contribution in [-0.4, -0.2) is 11.7 Å². The van der Waals surface area contributed by atoms with Gasteiger partial charge in [-0.1, -0.05) is 6.08 Å². The van der Waals surface area contributed by atoms with E-state index in [0.717, 1.165) is 5.56 Å². The second-order valence-electron chi connectivity index (χ2n) is 3.41. The molecule has 0 heterocycles. The quantitative estimate of drug-likeness (QED) is 0.815. The van der Waals surface area contributed by atoms with Gasteiger partial charge in [-0.05, 0) is 47.0 Å². The summed E-state index contributed by atoms with van der Waals surface area (Å²) in [5.74, 6) is 0.558. The van der Waals surface area contributed by atoms with Gasteiger partial charge in [-0.15, -0.1) is 19.0 Å². The molecule has 17 heavy (non-hydrogen) atoms. The van der Waals surface area contributed by atoms with Gasteiger partial charge < -0.3 is 15.6 Å². The van der Waals surface area contributed by atoms with Crippen molar-refractivity contribution in [1.82, 2.24) is 0 Å². The summed E-state index contributed by atoms with van der Waals surface area (Å²) in [5.41, 5.74) is 6.87. The molecule has 0 aliphatic rings. The minimum Gasteiger partial charge on any atom is -0.503 e. The molecule has 0 fully saturated rings. The predicted octanol–water partition coefficient (Wildman–Crippen LogP) is 3.55. The smallest absolute Gasteiger partial charge is 0.172 e.